The van der Waals surface area contributed by atoms with E-state index in [-0.39, 0.29) is 6.03 Å². The van der Waals surface area contributed by atoms with E-state index in [1.165, 1.54) is 5.56 Å². The number of aryl methyl sites for hydroxylation is 3. The highest BCUT2D eigenvalue weighted by Gasteiger charge is 2.02. The summed E-state index contributed by atoms with van der Waals surface area (Å²) in [4.78, 5) is 11.8. The van der Waals surface area contributed by atoms with Crippen LogP contribution in [0.15, 0.2) is 47.6 Å². The number of carbonyl (C=O) groups is 1. The zero-order valence-corrected chi connectivity index (χ0v) is 12.5. The Morgan fingerprint density at radius 3 is 2.33 bits per heavy atom. The highest BCUT2D eigenvalue weighted by molar-refractivity contribution is 5.91. The van der Waals surface area contributed by atoms with E-state index in [0.29, 0.717) is 0 Å². The van der Waals surface area contributed by atoms with E-state index in [1.807, 2.05) is 63.2 Å². The van der Waals surface area contributed by atoms with Crippen molar-refractivity contribution in [1.82, 2.24) is 5.43 Å². The third-order valence-electron chi connectivity index (χ3n) is 3.09. The third kappa shape index (κ3) is 4.45. The van der Waals surface area contributed by atoms with Crippen LogP contribution < -0.4 is 10.7 Å². The van der Waals surface area contributed by atoms with E-state index < -0.39 is 0 Å². The Hall–Kier alpha value is -2.62. The molecular formula is C17H19N3O. The van der Waals surface area contributed by atoms with Crippen LogP contribution in [0.2, 0.25) is 0 Å². The monoisotopic (exact) mass is 281 g/mol. The van der Waals surface area contributed by atoms with Gasteiger partial charge in [-0.25, -0.2) is 10.2 Å². The molecule has 0 aliphatic rings. The van der Waals surface area contributed by atoms with E-state index in [2.05, 4.69) is 15.8 Å². The lowest BCUT2D eigenvalue weighted by Crippen LogP contribution is -2.24. The number of rotatable bonds is 3. The van der Waals surface area contributed by atoms with Crippen molar-refractivity contribution in [2.45, 2.75) is 20.8 Å². The van der Waals surface area contributed by atoms with Crippen LogP contribution in [0.4, 0.5) is 10.5 Å². The Morgan fingerprint density at radius 1 is 1.00 bits per heavy atom. The highest BCUT2D eigenvalue weighted by Crippen LogP contribution is 2.15. The normalized spacial score (nSPS) is 10.6. The van der Waals surface area contributed by atoms with E-state index in [1.54, 1.807) is 6.21 Å². The minimum absolute atomic E-state index is 0.356. The number of amides is 2. The maximum atomic E-state index is 11.8. The predicted molar refractivity (Wildman–Crippen MR) is 86.8 cm³/mol. The topological polar surface area (TPSA) is 53.5 Å². The molecule has 2 amide bonds. The molecular weight excluding hydrogens is 262 g/mol. The Kier molecular flexibility index (Phi) is 4.72. The molecule has 0 aromatic heterocycles. The average molecular weight is 281 g/mol. The zero-order chi connectivity index (χ0) is 15.2. The van der Waals surface area contributed by atoms with Gasteiger partial charge in [-0.3, -0.25) is 0 Å². The minimum Gasteiger partial charge on any atom is -0.306 e. The van der Waals surface area contributed by atoms with Gasteiger partial charge in [-0.05, 0) is 38.0 Å². The smallest absolute Gasteiger partial charge is 0.306 e. The summed E-state index contributed by atoms with van der Waals surface area (Å²) in [6.45, 7) is 6.00. The summed E-state index contributed by atoms with van der Waals surface area (Å²) in [5, 5.41) is 6.70. The molecule has 2 N–H and O–H groups in total. The van der Waals surface area contributed by atoms with Crippen LogP contribution in [0, 0.1) is 20.8 Å². The molecule has 0 aliphatic heterocycles. The van der Waals surface area contributed by atoms with Crippen molar-refractivity contribution >= 4 is 17.9 Å². The first kappa shape index (κ1) is 14.8. The first-order valence-corrected chi connectivity index (χ1v) is 6.78. The van der Waals surface area contributed by atoms with Crippen molar-refractivity contribution in [1.29, 1.82) is 0 Å². The second kappa shape index (κ2) is 6.70. The third-order valence-corrected chi connectivity index (χ3v) is 3.09. The largest absolute Gasteiger partial charge is 0.339 e. The van der Waals surface area contributed by atoms with Crippen molar-refractivity contribution in [3.05, 3.63) is 64.7 Å². The van der Waals surface area contributed by atoms with Crippen molar-refractivity contribution < 1.29 is 4.79 Å². The molecule has 2 rings (SSSR count). The number of hydrogen-bond acceptors (Lipinski definition) is 2. The fourth-order valence-electron chi connectivity index (χ4n) is 1.92. The summed E-state index contributed by atoms with van der Waals surface area (Å²) in [5.41, 5.74) is 7.55. The number of benzene rings is 2. The molecule has 4 nitrogen and oxygen atoms in total. The minimum atomic E-state index is -0.356. The lowest BCUT2D eigenvalue weighted by molar-refractivity contribution is 0.252. The van der Waals surface area contributed by atoms with Gasteiger partial charge in [0.1, 0.15) is 0 Å². The Balaban J connectivity index is 1.91. The molecule has 0 aliphatic carbocycles. The molecule has 2 aromatic carbocycles. The Morgan fingerprint density at radius 2 is 1.67 bits per heavy atom. The van der Waals surface area contributed by atoms with Crippen LogP contribution in [-0.2, 0) is 0 Å². The SMILES string of the molecule is Cc1ccc(/C=N/NC(=O)Nc2ccc(C)cc2C)cc1. The fourth-order valence-corrected chi connectivity index (χ4v) is 1.92. The van der Waals surface area contributed by atoms with Crippen molar-refractivity contribution in [3.8, 4) is 0 Å². The van der Waals surface area contributed by atoms with E-state index in [0.717, 1.165) is 22.4 Å². The summed E-state index contributed by atoms with van der Waals surface area (Å²) < 4.78 is 0. The van der Waals surface area contributed by atoms with Gasteiger partial charge in [0, 0.05) is 5.69 Å². The maximum Gasteiger partial charge on any atom is 0.339 e. The second-order valence-corrected chi connectivity index (χ2v) is 5.05. The van der Waals surface area contributed by atoms with Gasteiger partial charge >= 0.3 is 6.03 Å². The Bertz CT molecular complexity index is 660. The molecule has 108 valence electrons. The molecule has 0 unspecified atom stereocenters. The zero-order valence-electron chi connectivity index (χ0n) is 12.5. The summed E-state index contributed by atoms with van der Waals surface area (Å²) >= 11 is 0. The fraction of sp³-hybridized carbons (Fsp3) is 0.176. The lowest BCUT2D eigenvalue weighted by atomic mass is 10.1. The van der Waals surface area contributed by atoms with Gasteiger partial charge in [-0.15, -0.1) is 0 Å². The molecule has 0 spiro atoms. The second-order valence-electron chi connectivity index (χ2n) is 5.05. The van der Waals surface area contributed by atoms with Gasteiger partial charge in [0.25, 0.3) is 0 Å². The summed E-state index contributed by atoms with van der Waals surface area (Å²) in [5.74, 6) is 0. The molecule has 0 fully saturated rings. The van der Waals surface area contributed by atoms with E-state index in [4.69, 9.17) is 0 Å². The molecule has 0 heterocycles. The van der Waals surface area contributed by atoms with Crippen LogP contribution in [0.25, 0.3) is 0 Å². The molecule has 0 bridgehead atoms. The number of nitrogens with one attached hydrogen (secondary N) is 2. The predicted octanol–water partition coefficient (Wildman–Crippen LogP) is 3.77. The number of nitrogens with zero attached hydrogens (tertiary/aromatic N) is 1. The highest BCUT2D eigenvalue weighted by atomic mass is 16.2. The first-order valence-electron chi connectivity index (χ1n) is 6.78. The lowest BCUT2D eigenvalue weighted by Gasteiger charge is -2.08. The van der Waals surface area contributed by atoms with E-state index >= 15 is 0 Å². The summed E-state index contributed by atoms with van der Waals surface area (Å²) in [6, 6.07) is 13.4. The van der Waals surface area contributed by atoms with Gasteiger partial charge in [-0.2, -0.15) is 5.10 Å². The van der Waals surface area contributed by atoms with Gasteiger partial charge in [0.2, 0.25) is 0 Å². The van der Waals surface area contributed by atoms with Crippen LogP contribution in [0.3, 0.4) is 0 Å². The van der Waals surface area contributed by atoms with Crippen molar-refractivity contribution in [3.63, 3.8) is 0 Å². The molecule has 0 atom stereocenters. The maximum absolute atomic E-state index is 11.8. The molecule has 0 radical (unpaired) electrons. The number of hydrazone groups is 1. The van der Waals surface area contributed by atoms with Crippen molar-refractivity contribution in [2.24, 2.45) is 5.10 Å². The number of carbonyl (C=O) groups excluding carboxylic acids is 1. The van der Waals surface area contributed by atoms with Gasteiger partial charge in [-0.1, -0.05) is 47.5 Å². The standard InChI is InChI=1S/C17H19N3O/c1-12-4-7-15(8-5-12)11-18-20-17(21)19-16-9-6-13(2)10-14(16)3/h4-11H,1-3H3,(H2,19,20,21)/b18-11+. The quantitative estimate of drug-likeness (QED) is 0.653. The average Bonchev–Trinajstić information content (AvgIpc) is 2.44. The van der Waals surface area contributed by atoms with Crippen LogP contribution >= 0.6 is 0 Å². The number of anilines is 1. The molecule has 21 heavy (non-hydrogen) atoms. The molecule has 2 aromatic rings. The number of hydrogen-bond donors (Lipinski definition) is 2. The molecule has 0 saturated carbocycles. The van der Waals surface area contributed by atoms with E-state index in [9.17, 15) is 4.79 Å². The summed E-state index contributed by atoms with van der Waals surface area (Å²) in [7, 11) is 0. The van der Waals surface area contributed by atoms with Crippen LogP contribution in [0.1, 0.15) is 22.3 Å². The molecule has 4 heteroatoms. The van der Waals surface area contributed by atoms with Crippen molar-refractivity contribution in [2.75, 3.05) is 5.32 Å². The van der Waals surface area contributed by atoms with Crippen LogP contribution in [-0.4, -0.2) is 12.2 Å². The summed E-state index contributed by atoms with van der Waals surface area (Å²) in [6.07, 6.45) is 1.61. The molecule has 0 saturated heterocycles. The number of urea groups is 1. The van der Waals surface area contributed by atoms with Gasteiger partial charge in [0.15, 0.2) is 0 Å². The van der Waals surface area contributed by atoms with Gasteiger partial charge < -0.3 is 5.32 Å². The Labute approximate surface area is 124 Å². The van der Waals surface area contributed by atoms with Crippen LogP contribution in [0.5, 0.6) is 0 Å². The first-order chi connectivity index (χ1) is 10.0. The van der Waals surface area contributed by atoms with Gasteiger partial charge in [0.05, 0.1) is 6.21 Å².